The van der Waals surface area contributed by atoms with Crippen molar-refractivity contribution in [2.75, 3.05) is 6.61 Å². The van der Waals surface area contributed by atoms with Gasteiger partial charge < -0.3 is 9.64 Å². The number of hydrogen-bond donors (Lipinski definition) is 0. The first-order valence-electron chi connectivity index (χ1n) is 8.04. The molecule has 118 valence electrons. The van der Waals surface area contributed by atoms with Crippen molar-refractivity contribution in [2.24, 2.45) is 5.41 Å². The van der Waals surface area contributed by atoms with Gasteiger partial charge in [0.2, 0.25) is 0 Å². The van der Waals surface area contributed by atoms with Gasteiger partial charge in [0, 0.05) is 17.5 Å². The summed E-state index contributed by atoms with van der Waals surface area (Å²) in [5.41, 5.74) is 1.55. The monoisotopic (exact) mass is 312 g/mol. The zero-order chi connectivity index (χ0) is 16.0. The van der Waals surface area contributed by atoms with Crippen LogP contribution in [0.5, 0.6) is 5.75 Å². The minimum absolute atomic E-state index is 0.0214. The lowest BCUT2D eigenvalue weighted by Gasteiger charge is -2.31. The van der Waals surface area contributed by atoms with Crippen molar-refractivity contribution >= 4 is 5.94 Å². The molecule has 4 rings (SSSR count). The number of rotatable bonds is 0. The standard InChI is InChI=1S/C18H17FN2O2/c19-14-6-12(8-20)17-13(7-14)9-21-15(11-23-17)2-1-3-18(4-5-18)16(21)10-22/h6-7,15H,1-5,9,11H2/t15-/m1/s1. The lowest BCUT2D eigenvalue weighted by molar-refractivity contribution is 0.172. The van der Waals surface area contributed by atoms with E-state index in [0.29, 0.717) is 24.5 Å². The SMILES string of the molecule is N#Cc1cc(F)cc2c1OC[C@H]1CCCC3(CC3)C(=C=O)N1C2. The topological polar surface area (TPSA) is 53.3 Å². The maximum Gasteiger partial charge on any atom is 0.146 e. The Morgan fingerprint density at radius 2 is 2.17 bits per heavy atom. The van der Waals surface area contributed by atoms with Gasteiger partial charge in [-0.05, 0) is 37.8 Å². The molecule has 0 aromatic heterocycles. The first kappa shape index (κ1) is 14.3. The molecule has 1 atom stereocenters. The van der Waals surface area contributed by atoms with E-state index >= 15 is 0 Å². The molecule has 23 heavy (non-hydrogen) atoms. The Hall–Kier alpha value is -2.31. The molecule has 2 heterocycles. The molecule has 5 heteroatoms. The molecular formula is C18H17FN2O2. The van der Waals surface area contributed by atoms with Crippen molar-refractivity contribution in [3.63, 3.8) is 0 Å². The summed E-state index contributed by atoms with van der Waals surface area (Å²) in [6.07, 6.45) is 5.06. The molecule has 1 aromatic carbocycles. The number of benzene rings is 1. The molecular weight excluding hydrogens is 295 g/mol. The van der Waals surface area contributed by atoms with Crippen LogP contribution in [0.3, 0.4) is 0 Å². The molecule has 0 unspecified atom stereocenters. The Morgan fingerprint density at radius 3 is 2.87 bits per heavy atom. The summed E-state index contributed by atoms with van der Waals surface area (Å²) in [5.74, 6) is 2.18. The highest BCUT2D eigenvalue weighted by Crippen LogP contribution is 2.58. The summed E-state index contributed by atoms with van der Waals surface area (Å²) in [6, 6.07) is 4.69. The van der Waals surface area contributed by atoms with Crippen molar-refractivity contribution in [3.05, 3.63) is 34.8 Å². The summed E-state index contributed by atoms with van der Waals surface area (Å²) in [5, 5.41) is 9.23. The average Bonchev–Trinajstić information content (AvgIpc) is 3.34. The van der Waals surface area contributed by atoms with E-state index < -0.39 is 5.82 Å². The Bertz CT molecular complexity index is 757. The molecule has 4 nitrogen and oxygen atoms in total. The predicted octanol–water partition coefficient (Wildman–Crippen LogP) is 2.94. The molecule has 1 aliphatic carbocycles. The fourth-order valence-corrected chi connectivity index (χ4v) is 4.01. The summed E-state index contributed by atoms with van der Waals surface area (Å²) in [6.45, 7) is 0.813. The van der Waals surface area contributed by atoms with Gasteiger partial charge in [-0.3, -0.25) is 0 Å². The van der Waals surface area contributed by atoms with Crippen LogP contribution in [0.15, 0.2) is 17.8 Å². The van der Waals surface area contributed by atoms with Gasteiger partial charge in [-0.25, -0.2) is 9.18 Å². The normalized spacial score (nSPS) is 24.4. The zero-order valence-corrected chi connectivity index (χ0v) is 12.8. The first-order valence-corrected chi connectivity index (χ1v) is 8.04. The van der Waals surface area contributed by atoms with Crippen LogP contribution in [-0.2, 0) is 11.3 Å². The van der Waals surface area contributed by atoms with E-state index in [4.69, 9.17) is 4.74 Å². The largest absolute Gasteiger partial charge is 0.490 e. The van der Waals surface area contributed by atoms with Crippen molar-refractivity contribution in [2.45, 2.75) is 44.7 Å². The van der Waals surface area contributed by atoms with Crippen molar-refractivity contribution in [1.29, 1.82) is 5.26 Å². The zero-order valence-electron chi connectivity index (χ0n) is 12.8. The van der Waals surface area contributed by atoms with Crippen LogP contribution in [0.1, 0.15) is 43.2 Å². The number of hydrogen-bond acceptors (Lipinski definition) is 4. The summed E-state index contributed by atoms with van der Waals surface area (Å²) >= 11 is 0. The van der Waals surface area contributed by atoms with Crippen LogP contribution in [-0.4, -0.2) is 23.5 Å². The van der Waals surface area contributed by atoms with Crippen molar-refractivity contribution in [1.82, 2.24) is 4.90 Å². The van der Waals surface area contributed by atoms with E-state index in [1.54, 1.807) is 0 Å². The highest BCUT2D eigenvalue weighted by atomic mass is 19.1. The third-order valence-corrected chi connectivity index (χ3v) is 5.39. The van der Waals surface area contributed by atoms with Gasteiger partial charge in [-0.2, -0.15) is 5.26 Å². The summed E-state index contributed by atoms with van der Waals surface area (Å²) in [7, 11) is 0. The molecule has 2 fully saturated rings. The molecule has 0 bridgehead atoms. The molecule has 0 N–H and O–H groups in total. The predicted molar refractivity (Wildman–Crippen MR) is 80.7 cm³/mol. The highest BCUT2D eigenvalue weighted by molar-refractivity contribution is 5.57. The number of nitrogens with zero attached hydrogens (tertiary/aromatic N) is 2. The van der Waals surface area contributed by atoms with E-state index in [9.17, 15) is 14.4 Å². The number of fused-ring (bicyclic) bond motifs is 2. The number of halogens is 1. The van der Waals surface area contributed by atoms with Crippen LogP contribution in [0.25, 0.3) is 0 Å². The van der Waals surface area contributed by atoms with E-state index in [-0.39, 0.29) is 17.0 Å². The van der Waals surface area contributed by atoms with Gasteiger partial charge in [0.05, 0.1) is 11.6 Å². The third-order valence-electron chi connectivity index (χ3n) is 5.39. The van der Waals surface area contributed by atoms with Crippen LogP contribution >= 0.6 is 0 Å². The molecule has 1 saturated heterocycles. The van der Waals surface area contributed by atoms with Crippen molar-refractivity contribution in [3.8, 4) is 11.8 Å². The number of carbonyl (C=O) groups excluding carboxylic acids is 1. The van der Waals surface area contributed by atoms with Crippen LogP contribution in [0.2, 0.25) is 0 Å². The van der Waals surface area contributed by atoms with Gasteiger partial charge in [-0.15, -0.1) is 0 Å². The molecule has 3 aliphatic rings. The maximum absolute atomic E-state index is 13.8. The van der Waals surface area contributed by atoms with E-state index in [2.05, 4.69) is 10.8 Å². The fourth-order valence-electron chi connectivity index (χ4n) is 4.01. The number of nitriles is 1. The van der Waals surface area contributed by atoms with Gasteiger partial charge in [-0.1, -0.05) is 6.42 Å². The first-order chi connectivity index (χ1) is 11.2. The van der Waals surface area contributed by atoms with E-state index in [1.165, 1.54) is 12.1 Å². The van der Waals surface area contributed by atoms with Crippen LogP contribution in [0, 0.1) is 22.6 Å². The van der Waals surface area contributed by atoms with Crippen LogP contribution < -0.4 is 4.74 Å². The number of ether oxygens (including phenoxy) is 1. The van der Waals surface area contributed by atoms with Crippen LogP contribution in [0.4, 0.5) is 4.39 Å². The smallest absolute Gasteiger partial charge is 0.146 e. The lowest BCUT2D eigenvalue weighted by atomic mass is 9.96. The minimum atomic E-state index is -0.449. The van der Waals surface area contributed by atoms with Crippen molar-refractivity contribution < 1.29 is 13.9 Å². The number of allylic oxidation sites excluding steroid dienone is 1. The second kappa shape index (κ2) is 5.11. The molecule has 1 spiro atoms. The summed E-state index contributed by atoms with van der Waals surface area (Å²) in [4.78, 5) is 13.7. The van der Waals surface area contributed by atoms with Gasteiger partial charge >= 0.3 is 0 Å². The minimum Gasteiger partial charge on any atom is -0.490 e. The van der Waals surface area contributed by atoms with E-state index in [0.717, 1.165) is 37.8 Å². The molecule has 1 aromatic rings. The average molecular weight is 312 g/mol. The highest BCUT2D eigenvalue weighted by Gasteiger charge is 2.51. The summed E-state index contributed by atoms with van der Waals surface area (Å²) < 4.78 is 19.7. The fraction of sp³-hybridized carbons (Fsp3) is 0.500. The molecule has 0 radical (unpaired) electrons. The molecule has 0 amide bonds. The Labute approximate surface area is 134 Å². The lowest BCUT2D eigenvalue weighted by Crippen LogP contribution is -2.37. The molecule has 1 saturated carbocycles. The van der Waals surface area contributed by atoms with Gasteiger partial charge in [0.1, 0.15) is 35.9 Å². The quantitative estimate of drug-likeness (QED) is 0.691. The second-order valence-electron chi connectivity index (χ2n) is 6.77. The Kier molecular flexibility index (Phi) is 3.18. The Balaban J connectivity index is 1.79. The Morgan fingerprint density at radius 1 is 1.35 bits per heavy atom. The van der Waals surface area contributed by atoms with Gasteiger partial charge in [0.25, 0.3) is 0 Å². The maximum atomic E-state index is 13.8. The third kappa shape index (κ3) is 2.22. The molecule has 2 aliphatic heterocycles. The van der Waals surface area contributed by atoms with Gasteiger partial charge in [0.15, 0.2) is 0 Å². The van der Waals surface area contributed by atoms with E-state index in [1.807, 2.05) is 6.07 Å². The second-order valence-corrected chi connectivity index (χ2v) is 6.77.